The van der Waals surface area contributed by atoms with Crippen LogP contribution in [0.3, 0.4) is 0 Å². The SMILES string of the molecule is O=c1cc(CO)c(Br)c(C(F)F)[nH]1. The smallest absolute Gasteiger partial charge is 0.279 e. The summed E-state index contributed by atoms with van der Waals surface area (Å²) in [6, 6.07) is 1.07. The first-order valence-corrected chi connectivity index (χ1v) is 4.16. The van der Waals surface area contributed by atoms with E-state index in [4.69, 9.17) is 5.11 Å². The van der Waals surface area contributed by atoms with E-state index in [1.54, 1.807) is 0 Å². The van der Waals surface area contributed by atoms with Crippen LogP contribution in [0.1, 0.15) is 17.7 Å². The van der Waals surface area contributed by atoms with Gasteiger partial charge in [-0.15, -0.1) is 0 Å². The van der Waals surface area contributed by atoms with Crippen LogP contribution >= 0.6 is 15.9 Å². The largest absolute Gasteiger partial charge is 0.392 e. The Hall–Kier alpha value is -0.750. The lowest BCUT2D eigenvalue weighted by molar-refractivity contribution is 0.144. The van der Waals surface area contributed by atoms with Crippen LogP contribution in [0.15, 0.2) is 15.3 Å². The Kier molecular flexibility index (Phi) is 3.16. The van der Waals surface area contributed by atoms with E-state index in [-0.39, 0.29) is 10.0 Å². The number of pyridine rings is 1. The molecule has 0 saturated carbocycles. The Morgan fingerprint density at radius 1 is 1.62 bits per heavy atom. The Labute approximate surface area is 80.5 Å². The summed E-state index contributed by atoms with van der Waals surface area (Å²) in [5.74, 6) is 0. The fraction of sp³-hybridized carbons (Fsp3) is 0.286. The first-order valence-electron chi connectivity index (χ1n) is 3.37. The molecular weight excluding hydrogens is 248 g/mol. The van der Waals surface area contributed by atoms with Crippen LogP contribution in [0.25, 0.3) is 0 Å². The standard InChI is InChI=1S/C7H6BrF2NO2/c8-5-3(2-12)1-4(13)11-6(5)7(9)10/h1,7,12H,2H2,(H,11,13). The number of halogens is 3. The zero-order valence-corrected chi connectivity index (χ0v) is 7.94. The maximum atomic E-state index is 12.2. The molecule has 0 amide bonds. The van der Waals surface area contributed by atoms with Crippen molar-refractivity contribution in [1.29, 1.82) is 0 Å². The number of aromatic amines is 1. The van der Waals surface area contributed by atoms with E-state index in [1.807, 2.05) is 4.98 Å². The summed E-state index contributed by atoms with van der Waals surface area (Å²) in [7, 11) is 0. The van der Waals surface area contributed by atoms with Crippen LogP contribution in [0.2, 0.25) is 0 Å². The highest BCUT2D eigenvalue weighted by atomic mass is 79.9. The lowest BCUT2D eigenvalue weighted by atomic mass is 10.2. The molecule has 72 valence electrons. The van der Waals surface area contributed by atoms with Crippen molar-refractivity contribution in [1.82, 2.24) is 4.98 Å². The fourth-order valence-corrected chi connectivity index (χ4v) is 1.40. The molecule has 0 aliphatic rings. The van der Waals surface area contributed by atoms with Crippen LogP contribution < -0.4 is 5.56 Å². The molecule has 0 aliphatic carbocycles. The van der Waals surface area contributed by atoms with Gasteiger partial charge in [0.25, 0.3) is 6.43 Å². The number of hydrogen-bond donors (Lipinski definition) is 2. The van der Waals surface area contributed by atoms with Gasteiger partial charge in [0.1, 0.15) is 0 Å². The molecule has 0 fully saturated rings. The van der Waals surface area contributed by atoms with Crippen molar-refractivity contribution >= 4 is 15.9 Å². The summed E-state index contributed by atoms with van der Waals surface area (Å²) in [5, 5.41) is 8.72. The van der Waals surface area contributed by atoms with Gasteiger partial charge in [-0.25, -0.2) is 8.78 Å². The van der Waals surface area contributed by atoms with Crippen LogP contribution in [0.5, 0.6) is 0 Å². The predicted molar refractivity (Wildman–Crippen MR) is 45.6 cm³/mol. The Morgan fingerprint density at radius 3 is 2.69 bits per heavy atom. The summed E-state index contributed by atoms with van der Waals surface area (Å²) in [6.07, 6.45) is -2.77. The third kappa shape index (κ3) is 2.13. The molecule has 0 spiro atoms. The molecule has 0 aromatic carbocycles. The summed E-state index contributed by atoms with van der Waals surface area (Å²) in [4.78, 5) is 12.8. The topological polar surface area (TPSA) is 53.1 Å². The first kappa shape index (κ1) is 10.3. The van der Waals surface area contributed by atoms with Gasteiger partial charge in [-0.05, 0) is 21.5 Å². The van der Waals surface area contributed by atoms with E-state index in [1.165, 1.54) is 0 Å². The van der Waals surface area contributed by atoms with Gasteiger partial charge in [0, 0.05) is 10.5 Å². The van der Waals surface area contributed by atoms with Crippen LogP contribution in [-0.2, 0) is 6.61 Å². The molecule has 0 aliphatic heterocycles. The average Bonchev–Trinajstić information content (AvgIpc) is 2.08. The fourth-order valence-electron chi connectivity index (χ4n) is 0.884. The second kappa shape index (κ2) is 3.97. The van der Waals surface area contributed by atoms with Crippen LogP contribution in [-0.4, -0.2) is 10.1 Å². The maximum absolute atomic E-state index is 12.2. The van der Waals surface area contributed by atoms with Crippen molar-refractivity contribution in [2.45, 2.75) is 13.0 Å². The van der Waals surface area contributed by atoms with Gasteiger partial charge >= 0.3 is 0 Å². The van der Waals surface area contributed by atoms with Gasteiger partial charge in [-0.3, -0.25) is 4.79 Å². The molecule has 6 heteroatoms. The van der Waals surface area contributed by atoms with Crippen LogP contribution in [0, 0.1) is 0 Å². The number of rotatable bonds is 2. The van der Waals surface area contributed by atoms with E-state index in [0.29, 0.717) is 0 Å². The van der Waals surface area contributed by atoms with E-state index < -0.39 is 24.3 Å². The van der Waals surface area contributed by atoms with E-state index in [9.17, 15) is 13.6 Å². The highest BCUT2D eigenvalue weighted by molar-refractivity contribution is 9.10. The molecule has 0 radical (unpaired) electrons. The number of aromatic nitrogens is 1. The van der Waals surface area contributed by atoms with Gasteiger partial charge in [0.15, 0.2) is 0 Å². The van der Waals surface area contributed by atoms with Crippen molar-refractivity contribution in [2.24, 2.45) is 0 Å². The Bertz CT molecular complexity index is 364. The van der Waals surface area contributed by atoms with E-state index >= 15 is 0 Å². The predicted octanol–water partition coefficient (Wildman–Crippen LogP) is 1.57. The average molecular weight is 254 g/mol. The number of hydrogen-bond acceptors (Lipinski definition) is 2. The second-order valence-electron chi connectivity index (χ2n) is 2.35. The number of nitrogens with one attached hydrogen (secondary N) is 1. The number of H-pyrrole nitrogens is 1. The number of aliphatic hydroxyl groups is 1. The minimum absolute atomic E-state index is 0.0459. The molecule has 2 N–H and O–H groups in total. The van der Waals surface area contributed by atoms with Gasteiger partial charge in [0.05, 0.1) is 12.3 Å². The molecule has 1 aromatic heterocycles. The van der Waals surface area contributed by atoms with E-state index in [2.05, 4.69) is 15.9 Å². The zero-order valence-electron chi connectivity index (χ0n) is 6.35. The molecule has 3 nitrogen and oxygen atoms in total. The van der Waals surface area contributed by atoms with Crippen molar-refractivity contribution < 1.29 is 13.9 Å². The molecule has 0 bridgehead atoms. The van der Waals surface area contributed by atoms with Gasteiger partial charge < -0.3 is 10.1 Å². The minimum atomic E-state index is -2.77. The summed E-state index contributed by atoms with van der Waals surface area (Å²) in [5.41, 5.74) is -1.00. The summed E-state index contributed by atoms with van der Waals surface area (Å²) in [6.45, 7) is -0.454. The number of alkyl halides is 2. The molecule has 1 heterocycles. The lowest BCUT2D eigenvalue weighted by Crippen LogP contribution is -2.11. The third-order valence-corrected chi connectivity index (χ3v) is 2.41. The quantitative estimate of drug-likeness (QED) is 0.841. The highest BCUT2D eigenvalue weighted by Crippen LogP contribution is 2.26. The van der Waals surface area contributed by atoms with E-state index in [0.717, 1.165) is 6.07 Å². The van der Waals surface area contributed by atoms with Crippen LogP contribution in [0.4, 0.5) is 8.78 Å². The van der Waals surface area contributed by atoms with Gasteiger partial charge in [-0.1, -0.05) is 0 Å². The lowest BCUT2D eigenvalue weighted by Gasteiger charge is -2.05. The molecule has 0 unspecified atom stereocenters. The summed E-state index contributed by atoms with van der Waals surface area (Å²) >= 11 is 2.87. The zero-order chi connectivity index (χ0) is 10.0. The molecule has 0 saturated heterocycles. The normalized spacial score (nSPS) is 10.8. The maximum Gasteiger partial charge on any atom is 0.279 e. The minimum Gasteiger partial charge on any atom is -0.392 e. The van der Waals surface area contributed by atoms with Crippen molar-refractivity contribution in [3.8, 4) is 0 Å². The molecule has 13 heavy (non-hydrogen) atoms. The molecule has 1 rings (SSSR count). The third-order valence-electron chi connectivity index (χ3n) is 1.47. The van der Waals surface area contributed by atoms with Crippen molar-refractivity contribution in [2.75, 3.05) is 0 Å². The monoisotopic (exact) mass is 253 g/mol. The molecule has 0 atom stereocenters. The Balaban J connectivity index is 3.36. The second-order valence-corrected chi connectivity index (χ2v) is 3.14. The molecular formula is C7H6BrF2NO2. The van der Waals surface area contributed by atoms with Gasteiger partial charge in [-0.2, -0.15) is 0 Å². The van der Waals surface area contributed by atoms with Crippen molar-refractivity contribution in [3.05, 3.63) is 32.2 Å². The Morgan fingerprint density at radius 2 is 2.23 bits per heavy atom. The van der Waals surface area contributed by atoms with Crippen molar-refractivity contribution in [3.63, 3.8) is 0 Å². The number of aliphatic hydroxyl groups excluding tert-OH is 1. The molecule has 1 aromatic rings. The van der Waals surface area contributed by atoms with Gasteiger partial charge in [0.2, 0.25) is 5.56 Å². The highest BCUT2D eigenvalue weighted by Gasteiger charge is 2.15. The summed E-state index contributed by atoms with van der Waals surface area (Å²) < 4.78 is 24.5. The first-order chi connectivity index (χ1) is 6.06.